The van der Waals surface area contributed by atoms with Crippen LogP contribution in [0.4, 0.5) is 24.5 Å². The molecule has 0 fully saturated rings. The summed E-state index contributed by atoms with van der Waals surface area (Å²) in [6.45, 7) is 0. The van der Waals surface area contributed by atoms with Gasteiger partial charge in [-0.15, -0.1) is 35.8 Å². The first kappa shape index (κ1) is 24.5. The van der Waals surface area contributed by atoms with Crippen molar-refractivity contribution in [3.8, 4) is 22.8 Å². The number of alkyl halides is 3. The number of benzene rings is 2. The van der Waals surface area contributed by atoms with Gasteiger partial charge in [-0.05, 0) is 53.9 Å². The van der Waals surface area contributed by atoms with E-state index in [1.165, 1.54) is 36.4 Å². The Kier molecular flexibility index (Phi) is 6.69. The molecule has 2 aromatic heterocycles. The van der Waals surface area contributed by atoms with E-state index in [1.54, 1.807) is 16.8 Å². The van der Waals surface area contributed by atoms with Crippen molar-refractivity contribution in [2.45, 2.75) is 10.6 Å². The molecule has 0 unspecified atom stereocenters. The smallest absolute Gasteiger partial charge is 0.506 e. The van der Waals surface area contributed by atoms with Crippen molar-refractivity contribution in [1.29, 1.82) is 0 Å². The number of aromatic hydroxyl groups is 1. The molecule has 0 saturated carbocycles. The molecule has 4 rings (SSSR count). The normalized spacial score (nSPS) is 11.7. The summed E-state index contributed by atoms with van der Waals surface area (Å²) in [4.78, 5) is 16.8. The monoisotopic (exact) mass is 541 g/mol. The fourth-order valence-electron chi connectivity index (χ4n) is 2.83. The van der Waals surface area contributed by atoms with E-state index in [2.05, 4.69) is 19.8 Å². The van der Waals surface area contributed by atoms with Crippen LogP contribution < -0.4 is 14.8 Å². The number of hydrogen-bond donors (Lipinski definition) is 3. The zero-order valence-corrected chi connectivity index (χ0v) is 19.7. The Hall–Kier alpha value is -3.62. The average molecular weight is 542 g/mol. The van der Waals surface area contributed by atoms with Gasteiger partial charge in [0.15, 0.2) is 5.01 Å². The molecular weight excluding hydrogens is 527 g/mol. The Bertz CT molecular complexity index is 1450. The number of thiophene rings is 1. The van der Waals surface area contributed by atoms with E-state index in [-0.39, 0.29) is 32.1 Å². The lowest BCUT2D eigenvalue weighted by molar-refractivity contribution is -0.274. The Morgan fingerprint density at radius 2 is 1.80 bits per heavy atom. The molecule has 182 valence electrons. The van der Waals surface area contributed by atoms with Crippen molar-refractivity contribution in [1.82, 2.24) is 4.98 Å². The largest absolute Gasteiger partial charge is 0.573 e. The van der Waals surface area contributed by atoms with Crippen molar-refractivity contribution < 1.29 is 36.2 Å². The molecular formula is C21H14F3N3O5S3. The topological polar surface area (TPSA) is 118 Å². The first-order valence-electron chi connectivity index (χ1n) is 9.52. The Balaban J connectivity index is 1.47. The van der Waals surface area contributed by atoms with Gasteiger partial charge in [0.2, 0.25) is 0 Å². The molecule has 0 bridgehead atoms. The minimum absolute atomic E-state index is 0.0552. The zero-order valence-electron chi connectivity index (χ0n) is 17.2. The number of rotatable bonds is 7. The van der Waals surface area contributed by atoms with Gasteiger partial charge < -0.3 is 15.2 Å². The second-order valence-corrected chi connectivity index (χ2v) is 10.5. The number of phenols is 1. The summed E-state index contributed by atoms with van der Waals surface area (Å²) >= 11 is 2.01. The van der Waals surface area contributed by atoms with E-state index in [9.17, 15) is 31.5 Å². The molecule has 0 spiro atoms. The second kappa shape index (κ2) is 9.56. The minimum Gasteiger partial charge on any atom is -0.506 e. The van der Waals surface area contributed by atoms with Crippen LogP contribution in [0, 0.1) is 0 Å². The third-order valence-electron chi connectivity index (χ3n) is 4.34. The molecule has 14 heteroatoms. The van der Waals surface area contributed by atoms with E-state index in [0.717, 1.165) is 34.8 Å². The number of hydrogen-bond acceptors (Lipinski definition) is 8. The molecule has 0 saturated heterocycles. The van der Waals surface area contributed by atoms with Crippen LogP contribution in [-0.4, -0.2) is 30.8 Å². The lowest BCUT2D eigenvalue weighted by Crippen LogP contribution is -2.16. The molecule has 0 aliphatic rings. The van der Waals surface area contributed by atoms with Gasteiger partial charge in [0.05, 0.1) is 11.4 Å². The summed E-state index contributed by atoms with van der Waals surface area (Å²) in [7, 11) is -3.92. The second-order valence-electron chi connectivity index (χ2n) is 6.83. The van der Waals surface area contributed by atoms with E-state index >= 15 is 0 Å². The van der Waals surface area contributed by atoms with Crippen LogP contribution in [0.1, 0.15) is 9.80 Å². The number of carbonyl (C=O) groups excluding carboxylic acids is 1. The van der Waals surface area contributed by atoms with Crippen molar-refractivity contribution >= 4 is 50.0 Å². The molecule has 1 amide bonds. The maximum Gasteiger partial charge on any atom is 0.573 e. The van der Waals surface area contributed by atoms with Gasteiger partial charge in [-0.2, -0.15) is 0 Å². The number of aromatic nitrogens is 1. The molecule has 35 heavy (non-hydrogen) atoms. The Morgan fingerprint density at radius 3 is 2.46 bits per heavy atom. The predicted molar refractivity (Wildman–Crippen MR) is 125 cm³/mol. The predicted octanol–water partition coefficient (Wildman–Crippen LogP) is 5.53. The number of nitrogens with zero attached hydrogens (tertiary/aromatic N) is 1. The number of amides is 1. The van der Waals surface area contributed by atoms with Gasteiger partial charge in [-0.1, -0.05) is 6.07 Å². The summed E-state index contributed by atoms with van der Waals surface area (Å²) < 4.78 is 67.9. The molecule has 3 N–H and O–H groups in total. The van der Waals surface area contributed by atoms with Gasteiger partial charge in [0.25, 0.3) is 15.9 Å². The van der Waals surface area contributed by atoms with Crippen molar-refractivity contribution in [3.05, 3.63) is 70.4 Å². The number of ether oxygens (including phenoxy) is 1. The first-order valence-corrected chi connectivity index (χ1v) is 12.8. The highest BCUT2D eigenvalue weighted by Crippen LogP contribution is 2.31. The third kappa shape index (κ3) is 6.09. The van der Waals surface area contributed by atoms with Gasteiger partial charge in [0.1, 0.15) is 15.7 Å². The molecule has 4 aromatic rings. The van der Waals surface area contributed by atoms with Crippen LogP contribution in [0.2, 0.25) is 0 Å². The van der Waals surface area contributed by atoms with Gasteiger partial charge in [-0.25, -0.2) is 13.4 Å². The summed E-state index contributed by atoms with van der Waals surface area (Å²) in [6.07, 6.45) is -4.80. The van der Waals surface area contributed by atoms with Crippen molar-refractivity contribution in [2.24, 2.45) is 0 Å². The van der Waals surface area contributed by atoms with Gasteiger partial charge >= 0.3 is 6.36 Å². The quantitative estimate of drug-likeness (QED) is 0.209. The van der Waals surface area contributed by atoms with Crippen molar-refractivity contribution in [2.75, 3.05) is 10.0 Å². The number of phenolic OH excluding ortho intramolecular Hbond substituents is 1. The Labute approximate surface area is 204 Å². The summed E-state index contributed by atoms with van der Waals surface area (Å²) in [6, 6.07) is 11.9. The lowest BCUT2D eigenvalue weighted by Gasteiger charge is -2.11. The number of halogens is 3. The van der Waals surface area contributed by atoms with Crippen molar-refractivity contribution in [3.63, 3.8) is 0 Å². The number of sulfonamides is 1. The fourth-order valence-corrected chi connectivity index (χ4v) is 5.61. The van der Waals surface area contributed by atoms with Crippen LogP contribution in [0.3, 0.4) is 0 Å². The molecule has 0 aliphatic carbocycles. The molecule has 8 nitrogen and oxygen atoms in total. The third-order valence-corrected chi connectivity index (χ3v) is 7.94. The van der Waals surface area contributed by atoms with Gasteiger partial charge in [0, 0.05) is 16.6 Å². The van der Waals surface area contributed by atoms with Gasteiger partial charge in [-0.3, -0.25) is 9.52 Å². The average Bonchev–Trinajstić information content (AvgIpc) is 3.48. The van der Waals surface area contributed by atoms with Crippen LogP contribution in [0.5, 0.6) is 11.5 Å². The summed E-state index contributed by atoms with van der Waals surface area (Å²) in [5, 5.41) is 15.8. The van der Waals surface area contributed by atoms with Crippen LogP contribution in [-0.2, 0) is 10.0 Å². The number of anilines is 2. The molecule has 0 radical (unpaired) electrons. The van der Waals surface area contributed by atoms with Crippen LogP contribution in [0.15, 0.2) is 69.6 Å². The molecule has 0 atom stereocenters. The standard InChI is InChI=1S/C21H14F3N3O5S3/c22-21(23,24)32-14-6-3-12(4-7-14)16-11-34-20(26-16)19(29)25-13-5-8-17(28)15(10-13)27-35(30,31)18-2-1-9-33-18/h1-11,27-28H,(H,25,29). The highest BCUT2D eigenvalue weighted by Gasteiger charge is 2.31. The number of nitrogens with one attached hydrogen (secondary N) is 2. The number of carbonyl (C=O) groups is 1. The molecule has 2 heterocycles. The van der Waals surface area contributed by atoms with E-state index in [0.29, 0.717) is 11.3 Å². The fraction of sp³-hybridized carbons (Fsp3) is 0.0476. The van der Waals surface area contributed by atoms with E-state index in [4.69, 9.17) is 0 Å². The summed E-state index contributed by atoms with van der Waals surface area (Å²) in [5.74, 6) is -1.32. The SMILES string of the molecule is O=C(Nc1ccc(O)c(NS(=O)(=O)c2cccs2)c1)c1nc(-c2ccc(OC(F)(F)F)cc2)cs1. The highest BCUT2D eigenvalue weighted by atomic mass is 32.2. The highest BCUT2D eigenvalue weighted by molar-refractivity contribution is 7.94. The maximum absolute atomic E-state index is 12.6. The van der Waals surface area contributed by atoms with Crippen LogP contribution >= 0.6 is 22.7 Å². The van der Waals surface area contributed by atoms with E-state index < -0.39 is 22.3 Å². The molecule has 2 aromatic carbocycles. The Morgan fingerprint density at radius 1 is 1.06 bits per heavy atom. The number of thiazole rings is 1. The minimum atomic E-state index is -4.80. The van der Waals surface area contributed by atoms with E-state index in [1.807, 2.05) is 0 Å². The molecule has 0 aliphatic heterocycles. The van der Waals surface area contributed by atoms with Crippen LogP contribution in [0.25, 0.3) is 11.3 Å². The zero-order chi connectivity index (χ0) is 25.2. The first-order chi connectivity index (χ1) is 16.5. The maximum atomic E-state index is 12.6. The lowest BCUT2D eigenvalue weighted by atomic mass is 10.2. The summed E-state index contributed by atoms with van der Waals surface area (Å²) in [5.41, 5.74) is 0.915.